The Kier molecular flexibility index (Phi) is 14.0. The number of amides is 1. The van der Waals surface area contributed by atoms with E-state index in [4.69, 9.17) is 14.2 Å². The third-order valence-electron chi connectivity index (χ3n) is 6.04. The van der Waals surface area contributed by atoms with Gasteiger partial charge in [0.25, 0.3) is 0 Å². The van der Waals surface area contributed by atoms with Gasteiger partial charge in [-0.1, -0.05) is 39.0 Å². The van der Waals surface area contributed by atoms with Gasteiger partial charge < -0.3 is 19.5 Å². The first-order valence-electron chi connectivity index (χ1n) is 12.1. The number of carbonyl (C=O) groups is 3. The smallest absolute Gasteiger partial charge is 0.407 e. The molecule has 31 heavy (non-hydrogen) atoms. The molecule has 180 valence electrons. The minimum atomic E-state index is -0.525. The molecule has 0 aromatic carbocycles. The monoisotopic (exact) mass is 441 g/mol. The van der Waals surface area contributed by atoms with Crippen molar-refractivity contribution in [2.24, 2.45) is 11.3 Å². The van der Waals surface area contributed by atoms with Crippen LogP contribution in [0.4, 0.5) is 4.79 Å². The third kappa shape index (κ3) is 13.3. The largest absolute Gasteiger partial charge is 0.466 e. The highest BCUT2D eigenvalue weighted by Crippen LogP contribution is 2.27. The Balaban J connectivity index is 1.89. The fourth-order valence-corrected chi connectivity index (χ4v) is 3.51. The molecule has 0 heterocycles. The van der Waals surface area contributed by atoms with Crippen LogP contribution in [-0.2, 0) is 23.8 Å². The van der Waals surface area contributed by atoms with Crippen molar-refractivity contribution in [2.45, 2.75) is 97.8 Å². The van der Waals surface area contributed by atoms with Gasteiger partial charge in [-0.15, -0.1) is 0 Å². The van der Waals surface area contributed by atoms with Crippen molar-refractivity contribution in [3.8, 4) is 0 Å². The van der Waals surface area contributed by atoms with Gasteiger partial charge in [0.15, 0.2) is 0 Å². The Labute approximate surface area is 188 Å². The van der Waals surface area contributed by atoms with E-state index in [0.717, 1.165) is 25.2 Å². The first-order chi connectivity index (χ1) is 14.8. The van der Waals surface area contributed by atoms with Crippen molar-refractivity contribution in [1.82, 2.24) is 5.32 Å². The van der Waals surface area contributed by atoms with Crippen molar-refractivity contribution in [3.05, 3.63) is 0 Å². The van der Waals surface area contributed by atoms with E-state index in [0.29, 0.717) is 32.5 Å². The molecule has 0 spiro atoms. The number of rotatable bonds is 15. The highest BCUT2D eigenvalue weighted by atomic mass is 16.6. The number of hydrogen-bond acceptors (Lipinski definition) is 6. The van der Waals surface area contributed by atoms with Gasteiger partial charge in [0.2, 0.25) is 0 Å². The van der Waals surface area contributed by atoms with Gasteiger partial charge in [0, 0.05) is 6.42 Å². The summed E-state index contributed by atoms with van der Waals surface area (Å²) in [5, 5.41) is 2.56. The topological polar surface area (TPSA) is 90.9 Å². The maximum atomic E-state index is 11.8. The molecule has 0 saturated heterocycles. The summed E-state index contributed by atoms with van der Waals surface area (Å²) in [5.41, 5.74) is -0.512. The zero-order valence-electron chi connectivity index (χ0n) is 19.8. The molecule has 7 nitrogen and oxygen atoms in total. The zero-order valence-corrected chi connectivity index (χ0v) is 19.8. The Morgan fingerprint density at radius 2 is 1.58 bits per heavy atom. The average molecular weight is 442 g/mol. The minimum absolute atomic E-state index is 0.125. The van der Waals surface area contributed by atoms with Crippen molar-refractivity contribution in [2.75, 3.05) is 26.4 Å². The first-order valence-corrected chi connectivity index (χ1v) is 12.1. The second-order valence-corrected chi connectivity index (χ2v) is 9.11. The second-order valence-electron chi connectivity index (χ2n) is 9.11. The summed E-state index contributed by atoms with van der Waals surface area (Å²) >= 11 is 0. The number of esters is 2. The van der Waals surface area contributed by atoms with Crippen LogP contribution in [0.15, 0.2) is 0 Å². The maximum Gasteiger partial charge on any atom is 0.407 e. The lowest BCUT2D eigenvalue weighted by Gasteiger charge is -2.21. The minimum Gasteiger partial charge on any atom is -0.466 e. The predicted molar refractivity (Wildman–Crippen MR) is 120 cm³/mol. The van der Waals surface area contributed by atoms with E-state index < -0.39 is 11.5 Å². The summed E-state index contributed by atoms with van der Waals surface area (Å²) in [7, 11) is 0. The summed E-state index contributed by atoms with van der Waals surface area (Å²) in [6, 6.07) is 0. The molecule has 1 aliphatic rings. The van der Waals surface area contributed by atoms with E-state index in [1.165, 1.54) is 38.5 Å². The quantitative estimate of drug-likeness (QED) is 0.214. The normalized spacial score (nSPS) is 14.7. The van der Waals surface area contributed by atoms with Crippen molar-refractivity contribution in [1.29, 1.82) is 0 Å². The Bertz CT molecular complexity index is 528. The molecule has 7 heteroatoms. The van der Waals surface area contributed by atoms with E-state index in [9.17, 15) is 14.4 Å². The molecule has 0 aromatic heterocycles. The van der Waals surface area contributed by atoms with Gasteiger partial charge in [-0.05, 0) is 58.3 Å². The van der Waals surface area contributed by atoms with E-state index in [-0.39, 0.29) is 25.1 Å². The molecule has 1 saturated carbocycles. The van der Waals surface area contributed by atoms with Crippen molar-refractivity contribution < 1.29 is 28.6 Å². The standard InChI is InChI=1S/C24H43NO6/c1-4-24(2,3)22(27)30-19-16-25-23(28)31-17-10-6-9-15-21(26)29-18-11-14-20-12-7-5-8-13-20/h20H,4-19H2,1-3H3,(H,25,28). The maximum absolute atomic E-state index is 11.8. The molecule has 0 bridgehead atoms. The van der Waals surface area contributed by atoms with E-state index in [2.05, 4.69) is 5.32 Å². The predicted octanol–water partition coefficient (Wildman–Crippen LogP) is 5.16. The Morgan fingerprint density at radius 3 is 2.29 bits per heavy atom. The molecule has 0 radical (unpaired) electrons. The van der Waals surface area contributed by atoms with Crippen LogP contribution >= 0.6 is 0 Å². The molecule has 1 fully saturated rings. The van der Waals surface area contributed by atoms with Crippen LogP contribution < -0.4 is 5.32 Å². The van der Waals surface area contributed by atoms with Crippen LogP contribution in [-0.4, -0.2) is 44.4 Å². The molecular weight excluding hydrogens is 398 g/mol. The van der Waals surface area contributed by atoms with E-state index >= 15 is 0 Å². The van der Waals surface area contributed by atoms with Gasteiger partial charge in [-0.2, -0.15) is 0 Å². The van der Waals surface area contributed by atoms with Crippen molar-refractivity contribution >= 4 is 18.0 Å². The first kappa shape index (κ1) is 27.2. The van der Waals surface area contributed by atoms with Gasteiger partial charge in [-0.3, -0.25) is 9.59 Å². The molecule has 0 aliphatic heterocycles. The number of carbonyl (C=O) groups excluding carboxylic acids is 3. The lowest BCUT2D eigenvalue weighted by molar-refractivity contribution is -0.154. The number of unbranched alkanes of at least 4 members (excludes halogenated alkanes) is 2. The van der Waals surface area contributed by atoms with Gasteiger partial charge >= 0.3 is 18.0 Å². The number of alkyl carbamates (subject to hydrolysis) is 1. The molecule has 1 amide bonds. The van der Waals surface area contributed by atoms with Crippen LogP contribution in [0, 0.1) is 11.3 Å². The zero-order chi connectivity index (χ0) is 23.0. The lowest BCUT2D eigenvalue weighted by Crippen LogP contribution is -2.32. The number of ether oxygens (including phenoxy) is 3. The Hall–Kier alpha value is -1.79. The highest BCUT2D eigenvalue weighted by molar-refractivity contribution is 5.75. The lowest BCUT2D eigenvalue weighted by atomic mass is 9.86. The Morgan fingerprint density at radius 1 is 0.871 bits per heavy atom. The van der Waals surface area contributed by atoms with Gasteiger partial charge in [0.05, 0.1) is 25.2 Å². The molecule has 1 aliphatic carbocycles. The summed E-state index contributed by atoms with van der Waals surface area (Å²) in [6.45, 7) is 6.76. The molecule has 0 unspecified atom stereocenters. The number of nitrogens with one attached hydrogen (secondary N) is 1. The van der Waals surface area contributed by atoms with Crippen LogP contribution in [0.5, 0.6) is 0 Å². The fourth-order valence-electron chi connectivity index (χ4n) is 3.51. The summed E-state index contributed by atoms with van der Waals surface area (Å²) in [4.78, 5) is 35.2. The molecule has 1 rings (SSSR count). The van der Waals surface area contributed by atoms with Crippen molar-refractivity contribution in [3.63, 3.8) is 0 Å². The molecule has 0 atom stereocenters. The average Bonchev–Trinajstić information content (AvgIpc) is 2.77. The summed E-state index contributed by atoms with van der Waals surface area (Å²) < 4.78 is 15.5. The molecule has 0 aromatic rings. The third-order valence-corrected chi connectivity index (χ3v) is 6.04. The van der Waals surface area contributed by atoms with Gasteiger partial charge in [0.1, 0.15) is 6.61 Å². The second kappa shape index (κ2) is 15.9. The highest BCUT2D eigenvalue weighted by Gasteiger charge is 2.26. The van der Waals surface area contributed by atoms with Crippen LogP contribution in [0.2, 0.25) is 0 Å². The SMILES string of the molecule is CCC(C)(C)C(=O)OCCNC(=O)OCCCCCC(=O)OCCCC1CCCCC1. The van der Waals surface area contributed by atoms with E-state index in [1.54, 1.807) is 0 Å². The van der Waals surface area contributed by atoms with E-state index in [1.807, 2.05) is 20.8 Å². The van der Waals surface area contributed by atoms with Gasteiger partial charge in [-0.25, -0.2) is 4.79 Å². The molecular formula is C24H43NO6. The summed E-state index contributed by atoms with van der Waals surface area (Å²) in [6.07, 6.45) is 11.7. The summed E-state index contributed by atoms with van der Waals surface area (Å²) in [5.74, 6) is 0.420. The van der Waals surface area contributed by atoms with Crippen LogP contribution in [0.3, 0.4) is 0 Å². The fraction of sp³-hybridized carbons (Fsp3) is 0.875. The van der Waals surface area contributed by atoms with Crippen LogP contribution in [0.1, 0.15) is 97.8 Å². The molecule has 1 N–H and O–H groups in total. The van der Waals surface area contributed by atoms with Crippen LogP contribution in [0.25, 0.3) is 0 Å². The number of hydrogen-bond donors (Lipinski definition) is 1.